The van der Waals surface area contributed by atoms with Gasteiger partial charge in [0.15, 0.2) is 5.82 Å². The van der Waals surface area contributed by atoms with E-state index in [1.165, 1.54) is 0 Å². The van der Waals surface area contributed by atoms with Crippen molar-refractivity contribution in [3.8, 4) is 0 Å². The standard InChI is InChI=1S/C15H17N5O/c1-10(2)15-18-14(21-19-15)9-20(3)13-8-16-11-6-4-5-7-12(11)17-13/h4-8,10H,9H2,1-3H3. The number of fused-ring (bicyclic) bond motifs is 1. The zero-order chi connectivity index (χ0) is 14.8. The summed E-state index contributed by atoms with van der Waals surface area (Å²) in [7, 11) is 1.93. The fourth-order valence-corrected chi connectivity index (χ4v) is 1.98. The van der Waals surface area contributed by atoms with Gasteiger partial charge in [0.1, 0.15) is 5.82 Å². The summed E-state index contributed by atoms with van der Waals surface area (Å²) in [4.78, 5) is 15.3. The van der Waals surface area contributed by atoms with Crippen LogP contribution in [0.15, 0.2) is 35.0 Å². The van der Waals surface area contributed by atoms with Crippen molar-refractivity contribution in [3.05, 3.63) is 42.2 Å². The van der Waals surface area contributed by atoms with Crippen molar-refractivity contribution in [2.24, 2.45) is 0 Å². The molecule has 3 rings (SSSR count). The van der Waals surface area contributed by atoms with Crippen LogP contribution in [0.25, 0.3) is 11.0 Å². The Hall–Kier alpha value is -2.50. The van der Waals surface area contributed by atoms with E-state index in [4.69, 9.17) is 4.52 Å². The van der Waals surface area contributed by atoms with E-state index in [0.29, 0.717) is 12.4 Å². The minimum atomic E-state index is 0.258. The lowest BCUT2D eigenvalue weighted by atomic mass is 10.2. The SMILES string of the molecule is CC(C)c1noc(CN(C)c2cnc3ccccc3n2)n1. The molecule has 0 saturated heterocycles. The Balaban J connectivity index is 1.80. The number of aromatic nitrogens is 4. The molecule has 3 aromatic rings. The van der Waals surface area contributed by atoms with Crippen molar-refractivity contribution in [2.75, 3.05) is 11.9 Å². The first kappa shape index (κ1) is 13.5. The molecule has 108 valence electrons. The predicted molar refractivity (Wildman–Crippen MR) is 80.0 cm³/mol. The highest BCUT2D eigenvalue weighted by atomic mass is 16.5. The van der Waals surface area contributed by atoms with Crippen molar-refractivity contribution >= 4 is 16.9 Å². The largest absolute Gasteiger partial charge is 0.349 e. The molecule has 6 nitrogen and oxygen atoms in total. The van der Waals surface area contributed by atoms with Gasteiger partial charge in [0.2, 0.25) is 5.89 Å². The van der Waals surface area contributed by atoms with Gasteiger partial charge in [-0.15, -0.1) is 0 Å². The fraction of sp³-hybridized carbons (Fsp3) is 0.333. The second kappa shape index (κ2) is 5.47. The minimum absolute atomic E-state index is 0.258. The van der Waals surface area contributed by atoms with Gasteiger partial charge in [0, 0.05) is 13.0 Å². The van der Waals surface area contributed by atoms with Gasteiger partial charge in [-0.05, 0) is 12.1 Å². The summed E-state index contributed by atoms with van der Waals surface area (Å²) >= 11 is 0. The molecule has 2 aromatic heterocycles. The molecule has 0 spiro atoms. The number of nitrogens with zero attached hydrogens (tertiary/aromatic N) is 5. The van der Waals surface area contributed by atoms with Crippen LogP contribution in [0.1, 0.15) is 31.5 Å². The highest BCUT2D eigenvalue weighted by Crippen LogP contribution is 2.16. The highest BCUT2D eigenvalue weighted by molar-refractivity contribution is 5.75. The number of benzene rings is 1. The van der Waals surface area contributed by atoms with Crippen LogP contribution >= 0.6 is 0 Å². The molecule has 0 aliphatic rings. The van der Waals surface area contributed by atoms with E-state index in [0.717, 1.165) is 22.7 Å². The van der Waals surface area contributed by atoms with Crippen LogP contribution in [0.2, 0.25) is 0 Å². The van der Waals surface area contributed by atoms with Gasteiger partial charge in [-0.1, -0.05) is 31.1 Å². The zero-order valence-corrected chi connectivity index (χ0v) is 12.3. The van der Waals surface area contributed by atoms with E-state index in [1.807, 2.05) is 50.1 Å². The van der Waals surface area contributed by atoms with Gasteiger partial charge < -0.3 is 9.42 Å². The average molecular weight is 283 g/mol. The van der Waals surface area contributed by atoms with Gasteiger partial charge in [-0.25, -0.2) is 4.98 Å². The molecule has 1 aromatic carbocycles. The number of para-hydroxylation sites is 2. The van der Waals surface area contributed by atoms with Gasteiger partial charge in [-0.2, -0.15) is 4.98 Å². The topological polar surface area (TPSA) is 67.9 Å². The number of rotatable bonds is 4. The first-order valence-electron chi connectivity index (χ1n) is 6.89. The van der Waals surface area contributed by atoms with Crippen LogP contribution in [-0.2, 0) is 6.54 Å². The highest BCUT2D eigenvalue weighted by Gasteiger charge is 2.13. The number of hydrogen-bond acceptors (Lipinski definition) is 6. The second-order valence-electron chi connectivity index (χ2n) is 5.27. The van der Waals surface area contributed by atoms with Crippen LogP contribution in [-0.4, -0.2) is 27.2 Å². The van der Waals surface area contributed by atoms with Gasteiger partial charge >= 0.3 is 0 Å². The maximum Gasteiger partial charge on any atom is 0.246 e. The monoisotopic (exact) mass is 283 g/mol. The molecule has 21 heavy (non-hydrogen) atoms. The average Bonchev–Trinajstić information content (AvgIpc) is 2.95. The van der Waals surface area contributed by atoms with Crippen LogP contribution in [0.5, 0.6) is 0 Å². The second-order valence-corrected chi connectivity index (χ2v) is 5.27. The Kier molecular flexibility index (Phi) is 3.51. The van der Waals surface area contributed by atoms with Crippen LogP contribution < -0.4 is 4.90 Å². The van der Waals surface area contributed by atoms with E-state index in [1.54, 1.807) is 6.20 Å². The summed E-state index contributed by atoms with van der Waals surface area (Å²) in [6, 6.07) is 7.79. The van der Waals surface area contributed by atoms with E-state index >= 15 is 0 Å². The minimum Gasteiger partial charge on any atom is -0.349 e. The Bertz CT molecular complexity index is 752. The molecule has 0 atom stereocenters. The lowest BCUT2D eigenvalue weighted by Crippen LogP contribution is -2.18. The molecule has 6 heteroatoms. The van der Waals surface area contributed by atoms with Crippen molar-refractivity contribution in [3.63, 3.8) is 0 Å². The molecule has 0 bridgehead atoms. The van der Waals surface area contributed by atoms with E-state index in [9.17, 15) is 0 Å². The third-order valence-corrected chi connectivity index (χ3v) is 3.20. The summed E-state index contributed by atoms with van der Waals surface area (Å²) in [6.45, 7) is 4.58. The third kappa shape index (κ3) is 2.84. The predicted octanol–water partition coefficient (Wildman–Crippen LogP) is 2.77. The third-order valence-electron chi connectivity index (χ3n) is 3.20. The molecular weight excluding hydrogens is 266 g/mol. The first-order valence-corrected chi connectivity index (χ1v) is 6.89. The first-order chi connectivity index (χ1) is 10.1. The molecule has 0 aliphatic heterocycles. The van der Waals surface area contributed by atoms with E-state index < -0.39 is 0 Å². The lowest BCUT2D eigenvalue weighted by molar-refractivity contribution is 0.371. The van der Waals surface area contributed by atoms with Crippen molar-refractivity contribution in [2.45, 2.75) is 26.3 Å². The molecule has 0 fully saturated rings. The quantitative estimate of drug-likeness (QED) is 0.733. The van der Waals surface area contributed by atoms with Crippen molar-refractivity contribution in [1.29, 1.82) is 0 Å². The van der Waals surface area contributed by atoms with Crippen molar-refractivity contribution in [1.82, 2.24) is 20.1 Å². The Labute approximate surface area is 122 Å². The molecule has 0 N–H and O–H groups in total. The normalized spacial score (nSPS) is 11.2. The Morgan fingerprint density at radius 2 is 1.90 bits per heavy atom. The summed E-state index contributed by atoms with van der Waals surface area (Å²) in [6.07, 6.45) is 1.75. The van der Waals surface area contributed by atoms with Crippen LogP contribution in [0, 0.1) is 0 Å². The molecule has 0 radical (unpaired) electrons. The maximum absolute atomic E-state index is 5.25. The van der Waals surface area contributed by atoms with Gasteiger partial charge in [-0.3, -0.25) is 4.98 Å². The molecule has 0 aliphatic carbocycles. The van der Waals surface area contributed by atoms with Gasteiger partial charge in [0.05, 0.1) is 23.8 Å². The summed E-state index contributed by atoms with van der Waals surface area (Å²) < 4.78 is 5.25. The fourth-order valence-electron chi connectivity index (χ4n) is 1.98. The number of hydrogen-bond donors (Lipinski definition) is 0. The summed E-state index contributed by atoms with van der Waals surface area (Å²) in [5.41, 5.74) is 1.75. The van der Waals surface area contributed by atoms with E-state index in [2.05, 4.69) is 20.1 Å². The molecule has 0 amide bonds. The van der Waals surface area contributed by atoms with E-state index in [-0.39, 0.29) is 5.92 Å². The maximum atomic E-state index is 5.25. The lowest BCUT2D eigenvalue weighted by Gasteiger charge is -2.15. The molecular formula is C15H17N5O. The molecule has 0 saturated carbocycles. The summed E-state index contributed by atoms with van der Waals surface area (Å²) in [5, 5.41) is 3.96. The Morgan fingerprint density at radius 3 is 2.62 bits per heavy atom. The smallest absolute Gasteiger partial charge is 0.246 e. The molecule has 2 heterocycles. The van der Waals surface area contributed by atoms with Crippen molar-refractivity contribution < 1.29 is 4.52 Å². The van der Waals surface area contributed by atoms with Gasteiger partial charge in [0.25, 0.3) is 0 Å². The summed E-state index contributed by atoms with van der Waals surface area (Å²) in [5.74, 6) is 2.34. The molecule has 0 unspecified atom stereocenters. The number of anilines is 1. The van der Waals surface area contributed by atoms with Crippen LogP contribution in [0.3, 0.4) is 0 Å². The van der Waals surface area contributed by atoms with Crippen LogP contribution in [0.4, 0.5) is 5.82 Å². The zero-order valence-electron chi connectivity index (χ0n) is 12.3. The Morgan fingerprint density at radius 1 is 1.14 bits per heavy atom.